The molecule has 0 aliphatic carbocycles. The Morgan fingerprint density at radius 1 is 1.22 bits per heavy atom. The molecule has 5 nitrogen and oxygen atoms in total. The molecule has 2 rings (SSSR count). The van der Waals surface area contributed by atoms with Crippen molar-refractivity contribution in [1.29, 1.82) is 0 Å². The van der Waals surface area contributed by atoms with Gasteiger partial charge in [-0.1, -0.05) is 30.3 Å². The summed E-state index contributed by atoms with van der Waals surface area (Å²) < 4.78 is 0. The van der Waals surface area contributed by atoms with E-state index in [1.807, 2.05) is 0 Å². The number of aliphatic hydroxyl groups is 1. The van der Waals surface area contributed by atoms with Gasteiger partial charge in [0.1, 0.15) is 0 Å². The summed E-state index contributed by atoms with van der Waals surface area (Å²) in [4.78, 5) is 15.5. The van der Waals surface area contributed by atoms with Gasteiger partial charge in [0.05, 0.1) is 11.9 Å². The monoisotopic (exact) mass is 244 g/mol. The number of nitrogens with one attached hydrogen (secondary N) is 1. The highest BCUT2D eigenvalue weighted by Gasteiger charge is 2.17. The Labute approximate surface area is 104 Å². The molecule has 0 spiro atoms. The maximum atomic E-state index is 11.8. The molecule has 0 saturated heterocycles. The van der Waals surface area contributed by atoms with Gasteiger partial charge in [0, 0.05) is 6.20 Å². The molecule has 92 valence electrons. The first kappa shape index (κ1) is 12.1. The molecule has 1 unspecified atom stereocenters. The van der Waals surface area contributed by atoms with Gasteiger partial charge in [0.2, 0.25) is 0 Å². The van der Waals surface area contributed by atoms with E-state index >= 15 is 0 Å². The lowest BCUT2D eigenvalue weighted by atomic mass is 10.1. The molecule has 0 radical (unpaired) electrons. The average Bonchev–Trinajstić information content (AvgIpc) is 2.41. The number of benzene rings is 1. The van der Waals surface area contributed by atoms with Crippen molar-refractivity contribution < 1.29 is 15.0 Å². The maximum Gasteiger partial charge on any atom is 0.257 e. The molecule has 1 heterocycles. The van der Waals surface area contributed by atoms with Gasteiger partial charge in [-0.25, -0.2) is 0 Å². The fourth-order valence-electron chi connectivity index (χ4n) is 1.48. The van der Waals surface area contributed by atoms with E-state index in [0.29, 0.717) is 5.56 Å². The first-order chi connectivity index (χ1) is 8.68. The number of hydrogen-bond acceptors (Lipinski definition) is 4. The van der Waals surface area contributed by atoms with E-state index < -0.39 is 12.0 Å². The summed E-state index contributed by atoms with van der Waals surface area (Å²) >= 11 is 0. The number of aromatic nitrogens is 1. The van der Waals surface area contributed by atoms with Crippen molar-refractivity contribution in [2.75, 3.05) is 5.32 Å². The Bertz CT molecular complexity index is 543. The molecule has 18 heavy (non-hydrogen) atoms. The highest BCUT2D eigenvalue weighted by Crippen LogP contribution is 2.22. The molecule has 0 fully saturated rings. The van der Waals surface area contributed by atoms with Crippen LogP contribution in [-0.4, -0.2) is 21.1 Å². The van der Waals surface area contributed by atoms with E-state index in [1.54, 1.807) is 30.3 Å². The number of anilines is 1. The van der Waals surface area contributed by atoms with E-state index in [9.17, 15) is 15.0 Å². The number of amides is 1. The molecular weight excluding hydrogens is 232 g/mol. The van der Waals surface area contributed by atoms with Crippen LogP contribution >= 0.6 is 0 Å². The predicted molar refractivity (Wildman–Crippen MR) is 65.9 cm³/mol. The quantitative estimate of drug-likeness (QED) is 0.763. The zero-order valence-electron chi connectivity index (χ0n) is 9.45. The fourth-order valence-corrected chi connectivity index (χ4v) is 1.48. The molecule has 0 bridgehead atoms. The summed E-state index contributed by atoms with van der Waals surface area (Å²) in [5, 5.41) is 21.7. The molecule has 1 aromatic carbocycles. The van der Waals surface area contributed by atoms with Gasteiger partial charge in [-0.15, -0.1) is 0 Å². The standard InChI is InChI=1S/C13H12N2O3/c16-11-8-14-7-6-10(11)15-13(18)12(17)9-4-2-1-3-5-9/h1-8,12,16-17H,(H,14,15,18). The molecule has 2 aromatic rings. The van der Waals surface area contributed by atoms with Crippen molar-refractivity contribution in [3.63, 3.8) is 0 Å². The Morgan fingerprint density at radius 2 is 1.94 bits per heavy atom. The van der Waals surface area contributed by atoms with Gasteiger partial charge in [0.25, 0.3) is 5.91 Å². The highest BCUT2D eigenvalue weighted by atomic mass is 16.3. The van der Waals surface area contributed by atoms with Crippen molar-refractivity contribution in [2.45, 2.75) is 6.10 Å². The van der Waals surface area contributed by atoms with E-state index in [4.69, 9.17) is 0 Å². The van der Waals surface area contributed by atoms with Crippen molar-refractivity contribution in [1.82, 2.24) is 4.98 Å². The second-order valence-electron chi connectivity index (χ2n) is 3.70. The van der Waals surface area contributed by atoms with E-state index in [2.05, 4.69) is 10.3 Å². The zero-order chi connectivity index (χ0) is 13.0. The van der Waals surface area contributed by atoms with Crippen LogP contribution in [0.15, 0.2) is 48.8 Å². The van der Waals surface area contributed by atoms with E-state index in [-0.39, 0.29) is 11.4 Å². The van der Waals surface area contributed by atoms with Crippen LogP contribution in [0.1, 0.15) is 11.7 Å². The summed E-state index contributed by atoms with van der Waals surface area (Å²) in [6, 6.07) is 10.0. The molecular formula is C13H12N2O3. The topological polar surface area (TPSA) is 82.5 Å². The number of carbonyl (C=O) groups is 1. The van der Waals surface area contributed by atoms with Crippen LogP contribution in [0.3, 0.4) is 0 Å². The normalized spacial score (nSPS) is 11.8. The average molecular weight is 244 g/mol. The largest absolute Gasteiger partial charge is 0.504 e. The lowest BCUT2D eigenvalue weighted by Gasteiger charge is -2.12. The van der Waals surface area contributed by atoms with Gasteiger partial charge < -0.3 is 15.5 Å². The molecule has 1 atom stereocenters. The summed E-state index contributed by atoms with van der Waals surface area (Å²) in [5.74, 6) is -0.756. The Hall–Kier alpha value is -2.40. The second-order valence-corrected chi connectivity index (χ2v) is 3.70. The van der Waals surface area contributed by atoms with Gasteiger partial charge >= 0.3 is 0 Å². The third-order valence-corrected chi connectivity index (χ3v) is 2.42. The van der Waals surface area contributed by atoms with Gasteiger partial charge in [-0.05, 0) is 11.6 Å². The number of aromatic hydroxyl groups is 1. The lowest BCUT2D eigenvalue weighted by Crippen LogP contribution is -2.20. The smallest absolute Gasteiger partial charge is 0.257 e. The Balaban J connectivity index is 2.12. The molecule has 1 aromatic heterocycles. The highest BCUT2D eigenvalue weighted by molar-refractivity contribution is 5.95. The van der Waals surface area contributed by atoms with Gasteiger partial charge in [-0.2, -0.15) is 0 Å². The minimum absolute atomic E-state index is 0.147. The van der Waals surface area contributed by atoms with Crippen LogP contribution in [0, 0.1) is 0 Å². The minimum Gasteiger partial charge on any atom is -0.504 e. The van der Waals surface area contributed by atoms with Crippen LogP contribution in [-0.2, 0) is 4.79 Å². The lowest BCUT2D eigenvalue weighted by molar-refractivity contribution is -0.124. The zero-order valence-corrected chi connectivity index (χ0v) is 9.45. The molecule has 0 saturated carbocycles. The second kappa shape index (κ2) is 5.29. The Morgan fingerprint density at radius 3 is 2.61 bits per heavy atom. The van der Waals surface area contributed by atoms with Crippen LogP contribution in [0.25, 0.3) is 0 Å². The number of pyridine rings is 1. The van der Waals surface area contributed by atoms with Crippen LogP contribution < -0.4 is 5.32 Å². The predicted octanol–water partition coefficient (Wildman–Crippen LogP) is 1.46. The maximum absolute atomic E-state index is 11.8. The number of rotatable bonds is 3. The summed E-state index contributed by atoms with van der Waals surface area (Å²) in [6.45, 7) is 0. The molecule has 3 N–H and O–H groups in total. The van der Waals surface area contributed by atoms with Crippen molar-refractivity contribution in [2.24, 2.45) is 0 Å². The van der Waals surface area contributed by atoms with Crippen LogP contribution in [0.5, 0.6) is 5.75 Å². The summed E-state index contributed by atoms with van der Waals surface area (Å²) in [5.41, 5.74) is 0.702. The summed E-state index contributed by atoms with van der Waals surface area (Å²) in [6.07, 6.45) is 1.37. The molecule has 1 amide bonds. The van der Waals surface area contributed by atoms with Crippen LogP contribution in [0.2, 0.25) is 0 Å². The van der Waals surface area contributed by atoms with Crippen LogP contribution in [0.4, 0.5) is 5.69 Å². The first-order valence-electron chi connectivity index (χ1n) is 5.35. The molecule has 0 aliphatic heterocycles. The fraction of sp³-hybridized carbons (Fsp3) is 0.0769. The van der Waals surface area contributed by atoms with Gasteiger partial charge in [0.15, 0.2) is 11.9 Å². The minimum atomic E-state index is -1.28. The molecule has 5 heteroatoms. The molecule has 0 aliphatic rings. The number of carbonyl (C=O) groups excluding carboxylic acids is 1. The third kappa shape index (κ3) is 2.64. The Kier molecular flexibility index (Phi) is 3.54. The number of aliphatic hydroxyl groups excluding tert-OH is 1. The summed E-state index contributed by atoms with van der Waals surface area (Å²) in [7, 11) is 0. The van der Waals surface area contributed by atoms with E-state index in [1.165, 1.54) is 18.5 Å². The van der Waals surface area contributed by atoms with Crippen molar-refractivity contribution >= 4 is 11.6 Å². The first-order valence-corrected chi connectivity index (χ1v) is 5.35. The number of nitrogens with zero attached hydrogens (tertiary/aromatic N) is 1. The number of hydrogen-bond donors (Lipinski definition) is 3. The SMILES string of the molecule is O=C(Nc1ccncc1O)C(O)c1ccccc1. The third-order valence-electron chi connectivity index (χ3n) is 2.42. The van der Waals surface area contributed by atoms with Crippen molar-refractivity contribution in [3.05, 3.63) is 54.4 Å². The van der Waals surface area contributed by atoms with Gasteiger partial charge in [-0.3, -0.25) is 9.78 Å². The van der Waals surface area contributed by atoms with Crippen molar-refractivity contribution in [3.8, 4) is 5.75 Å². The van der Waals surface area contributed by atoms with E-state index in [0.717, 1.165) is 0 Å².